The second-order valence-corrected chi connectivity index (χ2v) is 2.69. The van der Waals surface area contributed by atoms with Gasteiger partial charge in [0.25, 0.3) is 0 Å². The van der Waals surface area contributed by atoms with E-state index in [1.165, 1.54) is 0 Å². The topological polar surface area (TPSA) is 64.9 Å². The van der Waals surface area contributed by atoms with Crippen LogP contribution in [0.1, 0.15) is 5.82 Å². The van der Waals surface area contributed by atoms with E-state index in [0.29, 0.717) is 17.3 Å². The highest BCUT2D eigenvalue weighted by atomic mass is 16.3. The van der Waals surface area contributed by atoms with Crippen LogP contribution < -0.4 is 5.73 Å². The van der Waals surface area contributed by atoms with E-state index in [4.69, 9.17) is 10.2 Å². The first-order chi connectivity index (χ1) is 6.27. The van der Waals surface area contributed by atoms with E-state index in [0.717, 1.165) is 5.69 Å². The van der Waals surface area contributed by atoms with Gasteiger partial charge in [-0.05, 0) is 13.0 Å². The Kier molecular flexibility index (Phi) is 1.73. The first-order valence-electron chi connectivity index (χ1n) is 3.90. The maximum atomic E-state index is 5.67. The molecule has 2 aromatic heterocycles. The van der Waals surface area contributed by atoms with Crippen LogP contribution in [0.25, 0.3) is 11.5 Å². The van der Waals surface area contributed by atoms with Gasteiger partial charge < -0.3 is 10.2 Å². The van der Waals surface area contributed by atoms with E-state index in [-0.39, 0.29) is 0 Å². The maximum Gasteiger partial charge on any atom is 0.175 e. The van der Waals surface area contributed by atoms with Crippen LogP contribution in [-0.2, 0) is 0 Å². The number of hydrogen-bond acceptors (Lipinski definition) is 4. The lowest BCUT2D eigenvalue weighted by Gasteiger charge is -1.97. The maximum absolute atomic E-state index is 5.67. The lowest BCUT2D eigenvalue weighted by Crippen LogP contribution is -1.91. The van der Waals surface area contributed by atoms with Crippen molar-refractivity contribution in [2.45, 2.75) is 6.92 Å². The van der Waals surface area contributed by atoms with Gasteiger partial charge in [0.2, 0.25) is 0 Å². The molecule has 2 aromatic rings. The number of anilines is 1. The zero-order chi connectivity index (χ0) is 9.26. The minimum atomic E-state index is 0.595. The third kappa shape index (κ3) is 1.38. The van der Waals surface area contributed by atoms with Gasteiger partial charge in [0.05, 0.1) is 12.0 Å². The van der Waals surface area contributed by atoms with Crippen LogP contribution >= 0.6 is 0 Å². The largest absolute Gasteiger partial charge is 0.460 e. The van der Waals surface area contributed by atoms with Crippen molar-refractivity contribution in [3.63, 3.8) is 0 Å². The molecule has 0 spiro atoms. The molecule has 4 heteroatoms. The molecule has 0 radical (unpaired) electrons. The van der Waals surface area contributed by atoms with Gasteiger partial charge in [-0.2, -0.15) is 0 Å². The van der Waals surface area contributed by atoms with Gasteiger partial charge in [0.1, 0.15) is 11.5 Å². The summed E-state index contributed by atoms with van der Waals surface area (Å²) in [4.78, 5) is 8.18. The monoisotopic (exact) mass is 175 g/mol. The molecule has 0 aliphatic carbocycles. The molecule has 2 N–H and O–H groups in total. The van der Waals surface area contributed by atoms with Gasteiger partial charge in [-0.25, -0.2) is 9.97 Å². The smallest absolute Gasteiger partial charge is 0.175 e. The van der Waals surface area contributed by atoms with E-state index >= 15 is 0 Å². The molecule has 13 heavy (non-hydrogen) atoms. The summed E-state index contributed by atoms with van der Waals surface area (Å²) in [6.07, 6.45) is 3.22. The minimum absolute atomic E-state index is 0.595. The Morgan fingerprint density at radius 3 is 2.85 bits per heavy atom. The van der Waals surface area contributed by atoms with E-state index in [2.05, 4.69) is 9.97 Å². The normalized spacial score (nSPS) is 10.2. The molecule has 66 valence electrons. The fraction of sp³-hybridized carbons (Fsp3) is 0.111. The van der Waals surface area contributed by atoms with Gasteiger partial charge in [0.15, 0.2) is 5.76 Å². The molecule has 0 fully saturated rings. The number of furan rings is 1. The predicted octanol–water partition coefficient (Wildman–Crippen LogP) is 1.63. The van der Waals surface area contributed by atoms with Crippen molar-refractivity contribution in [3.8, 4) is 11.5 Å². The highest BCUT2D eigenvalue weighted by Gasteiger charge is 2.07. The third-order valence-electron chi connectivity index (χ3n) is 1.70. The van der Waals surface area contributed by atoms with Gasteiger partial charge in [-0.1, -0.05) is 0 Å². The van der Waals surface area contributed by atoms with Crippen LogP contribution in [0.2, 0.25) is 0 Å². The molecule has 0 atom stereocenters. The molecule has 0 aromatic carbocycles. The van der Waals surface area contributed by atoms with Crippen molar-refractivity contribution in [2.24, 2.45) is 0 Å². The Balaban J connectivity index is 2.53. The number of aryl methyl sites for hydroxylation is 1. The predicted molar refractivity (Wildman–Crippen MR) is 48.9 cm³/mol. The van der Waals surface area contributed by atoms with Crippen molar-refractivity contribution >= 4 is 5.69 Å². The third-order valence-corrected chi connectivity index (χ3v) is 1.70. The molecular formula is C9H9N3O. The van der Waals surface area contributed by atoms with Crippen LogP contribution in [0.5, 0.6) is 0 Å². The number of nitrogens with zero attached hydrogens (tertiary/aromatic N) is 2. The zero-order valence-corrected chi connectivity index (χ0v) is 7.19. The Labute approximate surface area is 75.4 Å². The summed E-state index contributed by atoms with van der Waals surface area (Å²) >= 11 is 0. The summed E-state index contributed by atoms with van der Waals surface area (Å²) in [5.41, 5.74) is 6.98. The molecule has 0 bridgehead atoms. The summed E-state index contributed by atoms with van der Waals surface area (Å²) in [5.74, 6) is 1.30. The Morgan fingerprint density at radius 1 is 1.38 bits per heavy atom. The van der Waals surface area contributed by atoms with Crippen molar-refractivity contribution in [1.82, 2.24) is 9.97 Å². The SMILES string of the molecule is Cc1nccc(-c2occc2N)n1. The van der Waals surface area contributed by atoms with Gasteiger partial charge >= 0.3 is 0 Å². The minimum Gasteiger partial charge on any atom is -0.460 e. The highest BCUT2D eigenvalue weighted by Crippen LogP contribution is 2.24. The molecular weight excluding hydrogens is 166 g/mol. The van der Waals surface area contributed by atoms with Crippen LogP contribution in [0, 0.1) is 6.92 Å². The van der Waals surface area contributed by atoms with Crippen LogP contribution in [0.15, 0.2) is 29.0 Å². The average molecular weight is 175 g/mol. The second kappa shape index (κ2) is 2.90. The Hall–Kier alpha value is -1.84. The van der Waals surface area contributed by atoms with Crippen LogP contribution in [-0.4, -0.2) is 9.97 Å². The van der Waals surface area contributed by atoms with Crippen molar-refractivity contribution in [2.75, 3.05) is 5.73 Å². The number of rotatable bonds is 1. The lowest BCUT2D eigenvalue weighted by molar-refractivity contribution is 0.580. The molecule has 0 unspecified atom stereocenters. The standard InChI is InChI=1S/C9H9N3O/c1-6-11-4-2-8(12-6)9-7(10)3-5-13-9/h2-5H,10H2,1H3. The van der Waals surface area contributed by atoms with Gasteiger partial charge in [-0.3, -0.25) is 0 Å². The van der Waals surface area contributed by atoms with E-state index in [1.807, 2.05) is 6.92 Å². The van der Waals surface area contributed by atoms with E-state index in [1.54, 1.807) is 24.6 Å². The fourth-order valence-corrected chi connectivity index (χ4v) is 1.11. The molecule has 4 nitrogen and oxygen atoms in total. The second-order valence-electron chi connectivity index (χ2n) is 2.69. The zero-order valence-electron chi connectivity index (χ0n) is 7.19. The summed E-state index contributed by atoms with van der Waals surface area (Å²) in [7, 11) is 0. The van der Waals surface area contributed by atoms with Crippen LogP contribution in [0.3, 0.4) is 0 Å². The molecule has 2 heterocycles. The molecule has 0 aliphatic heterocycles. The molecule has 0 amide bonds. The van der Waals surface area contributed by atoms with E-state index in [9.17, 15) is 0 Å². The van der Waals surface area contributed by atoms with E-state index < -0.39 is 0 Å². The fourth-order valence-electron chi connectivity index (χ4n) is 1.11. The summed E-state index contributed by atoms with van der Waals surface area (Å²) in [5, 5.41) is 0. The van der Waals surface area contributed by atoms with Crippen molar-refractivity contribution < 1.29 is 4.42 Å². The summed E-state index contributed by atoms with van der Waals surface area (Å²) < 4.78 is 5.19. The molecule has 0 aliphatic rings. The van der Waals surface area contributed by atoms with Gasteiger partial charge in [-0.15, -0.1) is 0 Å². The number of nitrogen functional groups attached to an aromatic ring is 1. The van der Waals surface area contributed by atoms with Crippen LogP contribution in [0.4, 0.5) is 5.69 Å². The Bertz CT molecular complexity index is 422. The lowest BCUT2D eigenvalue weighted by atomic mass is 10.3. The summed E-state index contributed by atoms with van der Waals surface area (Å²) in [6.45, 7) is 1.82. The Morgan fingerprint density at radius 2 is 2.23 bits per heavy atom. The molecule has 0 saturated heterocycles. The first kappa shape index (κ1) is 7.79. The average Bonchev–Trinajstić information content (AvgIpc) is 2.51. The van der Waals surface area contributed by atoms with Gasteiger partial charge in [0, 0.05) is 12.3 Å². The summed E-state index contributed by atoms with van der Waals surface area (Å²) in [6, 6.07) is 3.47. The quantitative estimate of drug-likeness (QED) is 0.715. The molecule has 0 saturated carbocycles. The number of aromatic nitrogens is 2. The molecule has 2 rings (SSSR count). The number of hydrogen-bond donors (Lipinski definition) is 1. The number of nitrogens with two attached hydrogens (primary N) is 1. The highest BCUT2D eigenvalue weighted by molar-refractivity contribution is 5.67. The van der Waals surface area contributed by atoms with Crippen molar-refractivity contribution in [1.29, 1.82) is 0 Å². The van der Waals surface area contributed by atoms with Crippen molar-refractivity contribution in [3.05, 3.63) is 30.4 Å². The first-order valence-corrected chi connectivity index (χ1v) is 3.90.